The molecule has 10 heteroatoms. The Morgan fingerprint density at radius 1 is 1.29 bits per heavy atom. The number of primary amides is 1. The van der Waals surface area contributed by atoms with Crippen molar-refractivity contribution in [3.8, 4) is 17.0 Å². The first-order chi connectivity index (χ1) is 16.9. The smallest absolute Gasteiger partial charge is 0.251 e. The van der Waals surface area contributed by atoms with E-state index in [2.05, 4.69) is 15.2 Å². The predicted octanol–water partition coefficient (Wildman–Crippen LogP) is 3.01. The Morgan fingerprint density at radius 3 is 2.77 bits per heavy atom. The number of hydrogen-bond acceptors (Lipinski definition) is 6. The first-order valence-corrected chi connectivity index (χ1v) is 11.5. The monoisotopic (exact) mass is 500 g/mol. The number of carbonyl (C=O) groups excluding carboxylic acids is 1. The van der Waals surface area contributed by atoms with Crippen LogP contribution in [0.1, 0.15) is 21.5 Å². The number of nitrogens with zero attached hydrogens (tertiary/aromatic N) is 2. The number of aliphatic hydroxyl groups is 1. The molecule has 0 radical (unpaired) electrons. The predicted molar refractivity (Wildman–Crippen MR) is 128 cm³/mol. The van der Waals surface area contributed by atoms with Crippen molar-refractivity contribution in [3.05, 3.63) is 75.9 Å². The Bertz CT molecular complexity index is 1310. The molecule has 1 saturated heterocycles. The number of nitrogens with two attached hydrogens (primary N) is 1. The van der Waals surface area contributed by atoms with E-state index in [0.29, 0.717) is 37.3 Å². The average Bonchev–Trinajstić information content (AvgIpc) is 3.20. The number of rotatable bonds is 6. The van der Waals surface area contributed by atoms with Gasteiger partial charge in [0.1, 0.15) is 12.4 Å². The normalized spacial score (nSPS) is 18.8. The van der Waals surface area contributed by atoms with Crippen LogP contribution in [0.4, 0.5) is 14.5 Å². The number of pyridine rings is 1. The summed E-state index contributed by atoms with van der Waals surface area (Å²) in [5.74, 6) is -3.12. The molecule has 1 aromatic heterocycles. The molecule has 0 saturated carbocycles. The molecule has 3 heterocycles. The zero-order valence-corrected chi connectivity index (χ0v) is 19.4. The Morgan fingerprint density at radius 2 is 2.06 bits per heavy atom. The third kappa shape index (κ3) is 3.71. The second-order valence-corrected chi connectivity index (χ2v) is 8.93. The summed E-state index contributed by atoms with van der Waals surface area (Å²) in [7, 11) is 0. The van der Waals surface area contributed by atoms with Gasteiger partial charge in [-0.2, -0.15) is 0 Å². The van der Waals surface area contributed by atoms with Gasteiger partial charge in [0.15, 0.2) is 5.82 Å². The molecule has 1 fully saturated rings. The molecule has 7 nitrogen and oxygen atoms in total. The highest BCUT2D eigenvalue weighted by Gasteiger charge is 2.48. The molecule has 1 atom stereocenters. The quantitative estimate of drug-likeness (QED) is 0.481. The van der Waals surface area contributed by atoms with E-state index in [9.17, 15) is 4.79 Å². The number of hydrogen-bond donors (Lipinski definition) is 3. The zero-order valence-electron chi connectivity index (χ0n) is 18.7. The second kappa shape index (κ2) is 9.07. The highest BCUT2D eigenvalue weighted by atomic mass is 35.5. The summed E-state index contributed by atoms with van der Waals surface area (Å²) in [5, 5.41) is 12.2. The van der Waals surface area contributed by atoms with Gasteiger partial charge in [0.25, 0.3) is 11.8 Å². The lowest BCUT2D eigenvalue weighted by Gasteiger charge is -2.45. The van der Waals surface area contributed by atoms with Crippen molar-refractivity contribution in [2.45, 2.75) is 12.0 Å². The second-order valence-electron chi connectivity index (χ2n) is 8.55. The minimum absolute atomic E-state index is 0.0499. The number of halogens is 3. The number of nitrogens with one attached hydrogen (secondary N) is 1. The standard InChI is InChI=1S/C25H23ClF2N4O3/c26-21-17(27)10-18-15(11-25(13-30-6-7-32(18)25)14-4-2-1-3-5-14)19(21)20-16(23(29)34)12-31-24(22(20)28)35-9-8-33/h1-5,10,12,30,33H,6-9,11,13H2,(H2,29,34). The van der Waals surface area contributed by atoms with Crippen molar-refractivity contribution in [3.63, 3.8) is 0 Å². The van der Waals surface area contributed by atoms with Crippen molar-refractivity contribution in [2.24, 2.45) is 5.73 Å². The summed E-state index contributed by atoms with van der Waals surface area (Å²) in [4.78, 5) is 18.2. The average molecular weight is 501 g/mol. The van der Waals surface area contributed by atoms with Crippen LogP contribution in [-0.4, -0.2) is 48.8 Å². The fourth-order valence-electron chi connectivity index (χ4n) is 5.18. The van der Waals surface area contributed by atoms with Crippen LogP contribution in [0.15, 0.2) is 42.6 Å². The van der Waals surface area contributed by atoms with Gasteiger partial charge in [-0.25, -0.2) is 13.8 Å². The molecular formula is C25H23ClF2N4O3. The Kier molecular flexibility index (Phi) is 6.08. The number of piperazine rings is 1. The van der Waals surface area contributed by atoms with E-state index in [1.54, 1.807) is 0 Å². The van der Waals surface area contributed by atoms with Crippen molar-refractivity contribution in [1.82, 2.24) is 10.3 Å². The van der Waals surface area contributed by atoms with Gasteiger partial charge in [-0.3, -0.25) is 4.79 Å². The molecule has 0 bridgehead atoms. The van der Waals surface area contributed by atoms with Crippen LogP contribution in [0.25, 0.3) is 11.1 Å². The van der Waals surface area contributed by atoms with Gasteiger partial charge in [0.2, 0.25) is 0 Å². The number of fused-ring (bicyclic) bond motifs is 3. The molecule has 4 N–H and O–H groups in total. The summed E-state index contributed by atoms with van der Waals surface area (Å²) < 4.78 is 36.3. The number of aromatic nitrogens is 1. The maximum Gasteiger partial charge on any atom is 0.251 e. The third-order valence-corrected chi connectivity index (χ3v) is 7.02. The summed E-state index contributed by atoms with van der Waals surface area (Å²) in [5.41, 5.74) is 6.74. The number of aliphatic hydroxyl groups excluding tert-OH is 1. The molecule has 2 aliphatic heterocycles. The summed E-state index contributed by atoms with van der Waals surface area (Å²) in [6.45, 7) is 1.27. The molecule has 0 spiro atoms. The molecule has 2 aliphatic rings. The van der Waals surface area contributed by atoms with Crippen LogP contribution in [-0.2, 0) is 12.0 Å². The van der Waals surface area contributed by atoms with Gasteiger partial charge >= 0.3 is 0 Å². The molecule has 3 aromatic rings. The van der Waals surface area contributed by atoms with Gasteiger partial charge in [-0.15, -0.1) is 0 Å². The van der Waals surface area contributed by atoms with E-state index in [-0.39, 0.29) is 34.9 Å². The van der Waals surface area contributed by atoms with Crippen molar-refractivity contribution in [2.75, 3.05) is 37.7 Å². The molecule has 1 amide bonds. The van der Waals surface area contributed by atoms with Gasteiger partial charge in [-0.05, 0) is 17.2 Å². The van der Waals surface area contributed by atoms with Gasteiger partial charge in [0, 0.05) is 49.1 Å². The molecular weight excluding hydrogens is 478 g/mol. The third-order valence-electron chi connectivity index (χ3n) is 6.65. The summed E-state index contributed by atoms with van der Waals surface area (Å²) in [6.07, 6.45) is 1.47. The van der Waals surface area contributed by atoms with Crippen molar-refractivity contribution in [1.29, 1.82) is 0 Å². The molecule has 182 valence electrons. The maximum atomic E-state index is 15.8. The Hall–Kier alpha value is -3.27. The first kappa shape index (κ1) is 23.5. The first-order valence-electron chi connectivity index (χ1n) is 11.2. The lowest BCUT2D eigenvalue weighted by molar-refractivity contribution is 0.1000. The number of ether oxygens (including phenoxy) is 1. The zero-order chi connectivity index (χ0) is 24.7. The van der Waals surface area contributed by atoms with Gasteiger partial charge in [0.05, 0.1) is 22.7 Å². The number of benzene rings is 2. The topological polar surface area (TPSA) is 101 Å². The fourth-order valence-corrected chi connectivity index (χ4v) is 5.44. The van der Waals surface area contributed by atoms with Crippen LogP contribution in [0.5, 0.6) is 5.88 Å². The lowest BCUT2D eigenvalue weighted by atomic mass is 9.83. The Balaban J connectivity index is 1.78. The van der Waals surface area contributed by atoms with E-state index in [0.717, 1.165) is 11.8 Å². The van der Waals surface area contributed by atoms with Gasteiger partial charge < -0.3 is 25.8 Å². The fraction of sp³-hybridized carbons (Fsp3) is 0.280. The summed E-state index contributed by atoms with van der Waals surface area (Å²) >= 11 is 6.48. The SMILES string of the molecule is NC(=O)c1cnc(OCCO)c(F)c1-c1c(Cl)c(F)cc2c1CC1(c3ccccc3)CNCCN21. The van der Waals surface area contributed by atoms with Crippen molar-refractivity contribution < 1.29 is 23.4 Å². The van der Waals surface area contributed by atoms with E-state index in [1.165, 1.54) is 6.07 Å². The molecule has 5 rings (SSSR count). The van der Waals surface area contributed by atoms with Crippen LogP contribution >= 0.6 is 11.6 Å². The largest absolute Gasteiger partial charge is 0.473 e. The highest BCUT2D eigenvalue weighted by molar-refractivity contribution is 6.34. The van der Waals surface area contributed by atoms with Crippen LogP contribution in [0.3, 0.4) is 0 Å². The summed E-state index contributed by atoms with van der Waals surface area (Å²) in [6, 6.07) is 11.2. The highest BCUT2D eigenvalue weighted by Crippen LogP contribution is 2.52. The minimum atomic E-state index is -0.999. The minimum Gasteiger partial charge on any atom is -0.473 e. The van der Waals surface area contributed by atoms with E-state index in [1.807, 2.05) is 30.3 Å². The molecule has 1 unspecified atom stereocenters. The van der Waals surface area contributed by atoms with Crippen LogP contribution in [0, 0.1) is 11.6 Å². The number of carbonyl (C=O) groups is 1. The van der Waals surface area contributed by atoms with E-state index < -0.39 is 29.0 Å². The number of amides is 1. The van der Waals surface area contributed by atoms with E-state index in [4.69, 9.17) is 27.2 Å². The van der Waals surface area contributed by atoms with E-state index >= 15 is 8.78 Å². The molecule has 2 aromatic carbocycles. The molecule has 0 aliphatic carbocycles. The van der Waals surface area contributed by atoms with Crippen LogP contribution < -0.4 is 20.7 Å². The molecule has 35 heavy (non-hydrogen) atoms. The lowest BCUT2D eigenvalue weighted by Crippen LogP contribution is -2.57. The van der Waals surface area contributed by atoms with Crippen molar-refractivity contribution >= 4 is 23.2 Å². The number of anilines is 1. The van der Waals surface area contributed by atoms with Crippen LogP contribution in [0.2, 0.25) is 5.02 Å². The maximum absolute atomic E-state index is 15.8. The van der Waals surface area contributed by atoms with Gasteiger partial charge in [-0.1, -0.05) is 41.9 Å². The Labute approximate surface area is 205 Å².